The molecule has 1 aliphatic heterocycles. The molecule has 1 aromatic heterocycles. The van der Waals surface area contributed by atoms with E-state index in [0.29, 0.717) is 13.1 Å². The van der Waals surface area contributed by atoms with Gasteiger partial charge in [0.05, 0.1) is 5.92 Å². The second-order valence-corrected chi connectivity index (χ2v) is 9.00. The Kier molecular flexibility index (Phi) is 7.07. The van der Waals surface area contributed by atoms with Crippen LogP contribution < -0.4 is 4.90 Å². The van der Waals surface area contributed by atoms with Crippen LogP contribution in [0.4, 0.5) is 5.82 Å². The normalized spacial score (nSPS) is 14.9. The third-order valence-corrected chi connectivity index (χ3v) is 6.60. The second-order valence-electron chi connectivity index (χ2n) is 9.00. The molecule has 0 bridgehead atoms. The van der Waals surface area contributed by atoms with Crippen molar-refractivity contribution in [2.45, 2.75) is 46.5 Å². The minimum absolute atomic E-state index is 0.0709. The molecular formula is C28H34N4O. The molecule has 3 aromatic rings. The number of aromatic nitrogens is 2. The summed E-state index contributed by atoms with van der Waals surface area (Å²) in [4.78, 5) is 27.2. The van der Waals surface area contributed by atoms with Gasteiger partial charge in [-0.1, -0.05) is 67.1 Å². The number of hydrogen-bond donors (Lipinski definition) is 0. The number of carbonyl (C=O) groups is 1. The lowest BCUT2D eigenvalue weighted by molar-refractivity contribution is -0.133. The maximum Gasteiger partial charge on any atom is 0.230 e. The number of anilines is 1. The predicted octanol–water partition coefficient (Wildman–Crippen LogP) is 4.84. The predicted molar refractivity (Wildman–Crippen MR) is 134 cm³/mol. The Balaban J connectivity index is 1.50. The first kappa shape index (κ1) is 23.0. The summed E-state index contributed by atoms with van der Waals surface area (Å²) >= 11 is 0. The quantitative estimate of drug-likeness (QED) is 0.548. The third-order valence-electron chi connectivity index (χ3n) is 6.60. The second kappa shape index (κ2) is 10.2. The van der Waals surface area contributed by atoms with Gasteiger partial charge in [0, 0.05) is 43.9 Å². The molecule has 0 aliphatic carbocycles. The van der Waals surface area contributed by atoms with Gasteiger partial charge in [-0.3, -0.25) is 4.79 Å². The number of amides is 1. The van der Waals surface area contributed by atoms with Crippen molar-refractivity contribution in [2.24, 2.45) is 0 Å². The van der Waals surface area contributed by atoms with Gasteiger partial charge < -0.3 is 9.80 Å². The van der Waals surface area contributed by atoms with Gasteiger partial charge in [-0.25, -0.2) is 9.97 Å². The van der Waals surface area contributed by atoms with Crippen LogP contribution >= 0.6 is 0 Å². The summed E-state index contributed by atoms with van der Waals surface area (Å²) in [5, 5.41) is 0. The van der Waals surface area contributed by atoms with Crippen LogP contribution in [0.1, 0.15) is 53.0 Å². The maximum atomic E-state index is 13.3. The van der Waals surface area contributed by atoms with Gasteiger partial charge in [-0.15, -0.1) is 0 Å². The Morgan fingerprint density at radius 3 is 2.21 bits per heavy atom. The largest absolute Gasteiger partial charge is 0.353 e. The number of rotatable bonds is 6. The first-order chi connectivity index (χ1) is 16.0. The lowest BCUT2D eigenvalue weighted by atomic mass is 9.94. The average Bonchev–Trinajstić information content (AvgIpc) is 2.83. The van der Waals surface area contributed by atoms with Crippen molar-refractivity contribution in [2.75, 3.05) is 31.1 Å². The van der Waals surface area contributed by atoms with Crippen molar-refractivity contribution in [1.82, 2.24) is 14.9 Å². The Labute approximate surface area is 197 Å². The van der Waals surface area contributed by atoms with E-state index in [9.17, 15) is 4.79 Å². The van der Waals surface area contributed by atoms with Gasteiger partial charge >= 0.3 is 0 Å². The summed E-state index contributed by atoms with van der Waals surface area (Å²) < 4.78 is 0. The fourth-order valence-electron chi connectivity index (χ4n) is 4.69. The molecule has 0 N–H and O–H groups in total. The molecule has 1 amide bonds. The van der Waals surface area contributed by atoms with Gasteiger partial charge in [0.1, 0.15) is 11.6 Å². The topological polar surface area (TPSA) is 49.3 Å². The molecule has 4 rings (SSSR count). The molecule has 5 nitrogen and oxygen atoms in total. The van der Waals surface area contributed by atoms with Crippen molar-refractivity contribution in [3.8, 4) is 0 Å². The zero-order chi connectivity index (χ0) is 23.4. The minimum atomic E-state index is -0.0709. The number of hydrogen-bond acceptors (Lipinski definition) is 4. The zero-order valence-electron chi connectivity index (χ0n) is 20.2. The minimum Gasteiger partial charge on any atom is -0.353 e. The molecule has 172 valence electrons. The molecule has 0 unspecified atom stereocenters. The summed E-state index contributed by atoms with van der Waals surface area (Å²) in [6.45, 7) is 11.2. The molecule has 5 heteroatoms. The van der Waals surface area contributed by atoms with Crippen LogP contribution in [0.15, 0.2) is 54.6 Å². The van der Waals surface area contributed by atoms with Gasteiger partial charge in [0.2, 0.25) is 5.91 Å². The highest BCUT2D eigenvalue weighted by molar-refractivity contribution is 5.84. The maximum absolute atomic E-state index is 13.3. The van der Waals surface area contributed by atoms with Crippen LogP contribution in [-0.2, 0) is 11.2 Å². The summed E-state index contributed by atoms with van der Waals surface area (Å²) in [7, 11) is 0. The van der Waals surface area contributed by atoms with Gasteiger partial charge in [0.15, 0.2) is 0 Å². The molecule has 1 saturated heterocycles. The molecule has 2 aromatic carbocycles. The highest BCUT2D eigenvalue weighted by Gasteiger charge is 2.29. The number of aryl methyl sites for hydroxylation is 3. The Hall–Kier alpha value is -3.21. The fraction of sp³-hybridized carbons (Fsp3) is 0.393. The molecule has 0 spiro atoms. The Bertz CT molecular complexity index is 1090. The summed E-state index contributed by atoms with van der Waals surface area (Å²) in [6.07, 6.45) is 1.63. The molecule has 2 heterocycles. The average molecular weight is 443 g/mol. The van der Waals surface area contributed by atoms with Gasteiger partial charge in [0.25, 0.3) is 0 Å². The van der Waals surface area contributed by atoms with Crippen molar-refractivity contribution >= 4 is 11.7 Å². The van der Waals surface area contributed by atoms with E-state index in [1.807, 2.05) is 30.0 Å². The zero-order valence-corrected chi connectivity index (χ0v) is 20.2. The summed E-state index contributed by atoms with van der Waals surface area (Å²) in [6, 6.07) is 18.8. The first-order valence-electron chi connectivity index (χ1n) is 11.9. The molecule has 0 saturated carbocycles. The van der Waals surface area contributed by atoms with Crippen LogP contribution in [0.25, 0.3) is 0 Å². The van der Waals surface area contributed by atoms with Crippen LogP contribution in [0.5, 0.6) is 0 Å². The van der Waals surface area contributed by atoms with Crippen LogP contribution in [0, 0.1) is 20.8 Å². The van der Waals surface area contributed by atoms with Crippen LogP contribution in [-0.4, -0.2) is 47.0 Å². The monoisotopic (exact) mass is 442 g/mol. The van der Waals surface area contributed by atoms with Crippen LogP contribution in [0.2, 0.25) is 0 Å². The number of nitrogens with zero attached hydrogens (tertiary/aromatic N) is 4. The van der Waals surface area contributed by atoms with E-state index in [0.717, 1.165) is 48.8 Å². The highest BCUT2D eigenvalue weighted by Crippen LogP contribution is 2.27. The summed E-state index contributed by atoms with van der Waals surface area (Å²) in [5.41, 5.74) is 5.85. The standard InChI is InChI=1S/C28H34N4O/c1-5-25(24-9-7-6-8-10-24)28(33)32-17-15-31(16-18-32)27-26(21(3)29-22(4)30-27)19-23-13-11-20(2)12-14-23/h6-14,25H,5,15-19H2,1-4H3/t25-/m1/s1. The smallest absolute Gasteiger partial charge is 0.230 e. The van der Waals surface area contributed by atoms with E-state index < -0.39 is 0 Å². The summed E-state index contributed by atoms with van der Waals surface area (Å²) in [5.74, 6) is 1.98. The lowest BCUT2D eigenvalue weighted by Crippen LogP contribution is -2.50. The fourth-order valence-corrected chi connectivity index (χ4v) is 4.69. The van der Waals surface area contributed by atoms with E-state index in [1.165, 1.54) is 16.7 Å². The number of piperazine rings is 1. The molecule has 1 aliphatic rings. The van der Waals surface area contributed by atoms with Crippen molar-refractivity contribution in [1.29, 1.82) is 0 Å². The number of carbonyl (C=O) groups excluding carboxylic acids is 1. The highest BCUT2D eigenvalue weighted by atomic mass is 16.2. The molecular weight excluding hydrogens is 408 g/mol. The first-order valence-corrected chi connectivity index (χ1v) is 11.9. The Morgan fingerprint density at radius 1 is 0.909 bits per heavy atom. The van der Waals surface area contributed by atoms with Gasteiger partial charge in [-0.05, 0) is 38.3 Å². The van der Waals surface area contributed by atoms with Crippen molar-refractivity contribution in [3.05, 3.63) is 88.4 Å². The third kappa shape index (κ3) is 5.24. The molecule has 0 radical (unpaired) electrons. The van der Waals surface area contributed by atoms with E-state index in [4.69, 9.17) is 4.98 Å². The molecule has 33 heavy (non-hydrogen) atoms. The van der Waals surface area contributed by atoms with E-state index >= 15 is 0 Å². The lowest BCUT2D eigenvalue weighted by Gasteiger charge is -2.38. The SMILES string of the molecule is CC[C@@H](C(=O)N1CCN(c2nc(C)nc(C)c2Cc2ccc(C)cc2)CC1)c1ccccc1. The van der Waals surface area contributed by atoms with E-state index in [-0.39, 0.29) is 11.8 Å². The van der Waals surface area contributed by atoms with Crippen LogP contribution in [0.3, 0.4) is 0 Å². The number of benzene rings is 2. The van der Waals surface area contributed by atoms with Crippen molar-refractivity contribution in [3.63, 3.8) is 0 Å². The molecule has 1 atom stereocenters. The van der Waals surface area contributed by atoms with E-state index in [1.54, 1.807) is 0 Å². The molecule has 1 fully saturated rings. The Morgan fingerprint density at radius 2 is 1.58 bits per heavy atom. The van der Waals surface area contributed by atoms with E-state index in [2.05, 4.69) is 67.1 Å². The van der Waals surface area contributed by atoms with Crippen molar-refractivity contribution < 1.29 is 4.79 Å². The van der Waals surface area contributed by atoms with Gasteiger partial charge in [-0.2, -0.15) is 0 Å².